The van der Waals surface area contributed by atoms with Crippen LogP contribution in [0.5, 0.6) is 0 Å². The van der Waals surface area contributed by atoms with Gasteiger partial charge < -0.3 is 5.11 Å². The first-order valence-electron chi connectivity index (χ1n) is 9.77. The smallest absolute Gasteiger partial charge is 0.243 e. The van der Waals surface area contributed by atoms with E-state index in [9.17, 15) is 14.7 Å². The third kappa shape index (κ3) is 5.70. The number of hydrogen-bond acceptors (Lipinski definition) is 5. The predicted octanol–water partition coefficient (Wildman–Crippen LogP) is 5.73. The van der Waals surface area contributed by atoms with E-state index in [4.69, 9.17) is 0 Å². The molecule has 1 aliphatic rings. The Labute approximate surface area is 160 Å². The summed E-state index contributed by atoms with van der Waals surface area (Å²) in [6.45, 7) is 2.24. The lowest BCUT2D eigenvalue weighted by atomic mass is 9.98. The molecule has 0 bridgehead atoms. The van der Waals surface area contributed by atoms with Crippen molar-refractivity contribution in [1.82, 2.24) is 4.98 Å². The fourth-order valence-electron chi connectivity index (χ4n) is 3.12. The minimum absolute atomic E-state index is 0.150. The van der Waals surface area contributed by atoms with Gasteiger partial charge in [0.1, 0.15) is 10.6 Å². The molecule has 0 saturated carbocycles. The number of aliphatic hydroxyl groups excluding tert-OH is 1. The summed E-state index contributed by atoms with van der Waals surface area (Å²) in [5.41, 5.74) is 0.418. The maximum Gasteiger partial charge on any atom is 0.243 e. The summed E-state index contributed by atoms with van der Waals surface area (Å²) in [7, 11) is 0. The maximum atomic E-state index is 12.2. The monoisotopic (exact) mass is 375 g/mol. The minimum atomic E-state index is -0.611. The van der Waals surface area contributed by atoms with Gasteiger partial charge in [0, 0.05) is 6.20 Å². The standard InChI is InChI=1S/C21H29NO3S/c1-2-3-4-5-6-7-8-9-10-11-15-26-21-19(24)17-16(13-12-14-22-17)18(23)20(21)25/h12-14,24H,2-11,15H2,1H3. The summed E-state index contributed by atoms with van der Waals surface area (Å²) in [6, 6.07) is 3.13. The van der Waals surface area contributed by atoms with Crippen LogP contribution in [0.25, 0.3) is 5.76 Å². The zero-order valence-electron chi connectivity index (χ0n) is 15.6. The molecule has 0 unspecified atom stereocenters. The Balaban J connectivity index is 1.68. The number of aromatic nitrogens is 1. The number of pyridine rings is 1. The Morgan fingerprint density at radius 1 is 0.923 bits per heavy atom. The van der Waals surface area contributed by atoms with Crippen molar-refractivity contribution < 1.29 is 14.7 Å². The van der Waals surface area contributed by atoms with Crippen LogP contribution in [0.2, 0.25) is 0 Å². The van der Waals surface area contributed by atoms with E-state index in [2.05, 4.69) is 11.9 Å². The van der Waals surface area contributed by atoms with E-state index >= 15 is 0 Å². The number of rotatable bonds is 12. The molecule has 1 N–H and O–H groups in total. The molecule has 1 aromatic rings. The van der Waals surface area contributed by atoms with Gasteiger partial charge in [0.05, 0.1) is 5.56 Å². The second-order valence-corrected chi connectivity index (χ2v) is 7.87. The molecule has 0 aromatic carbocycles. The first-order valence-corrected chi connectivity index (χ1v) is 10.8. The average molecular weight is 376 g/mol. The van der Waals surface area contributed by atoms with Gasteiger partial charge in [-0.3, -0.25) is 14.6 Å². The van der Waals surface area contributed by atoms with Crippen molar-refractivity contribution >= 4 is 29.1 Å². The summed E-state index contributed by atoms with van der Waals surface area (Å²) in [4.78, 5) is 28.5. The highest BCUT2D eigenvalue weighted by atomic mass is 32.2. The maximum absolute atomic E-state index is 12.2. The molecule has 0 spiro atoms. The molecule has 1 aromatic heterocycles. The molecule has 1 aliphatic carbocycles. The van der Waals surface area contributed by atoms with E-state index in [1.165, 1.54) is 75.4 Å². The van der Waals surface area contributed by atoms with Crippen molar-refractivity contribution in [3.63, 3.8) is 0 Å². The van der Waals surface area contributed by atoms with Gasteiger partial charge >= 0.3 is 0 Å². The number of aliphatic hydroxyl groups is 1. The molecule has 0 saturated heterocycles. The molecule has 1 heterocycles. The molecule has 0 amide bonds. The van der Waals surface area contributed by atoms with Gasteiger partial charge in [0.25, 0.3) is 0 Å². The minimum Gasteiger partial charge on any atom is -0.504 e. The molecular weight excluding hydrogens is 346 g/mol. The SMILES string of the molecule is CCCCCCCCCCCCSC1=C(O)c2ncccc2C(=O)C1=O. The highest BCUT2D eigenvalue weighted by molar-refractivity contribution is 8.04. The summed E-state index contributed by atoms with van der Waals surface area (Å²) < 4.78 is 0. The Morgan fingerprint density at radius 2 is 1.54 bits per heavy atom. The number of carbonyl (C=O) groups excluding carboxylic acids is 2. The summed E-state index contributed by atoms with van der Waals surface area (Å²) in [5.74, 6) is -0.601. The van der Waals surface area contributed by atoms with Crippen molar-refractivity contribution in [2.75, 3.05) is 5.75 Å². The summed E-state index contributed by atoms with van der Waals surface area (Å²) in [5, 5.41) is 10.3. The number of Topliss-reactive ketones (excluding diaryl/α,β-unsaturated/α-hetero) is 2. The number of nitrogens with zero attached hydrogens (tertiary/aromatic N) is 1. The first-order chi connectivity index (χ1) is 12.7. The lowest BCUT2D eigenvalue weighted by molar-refractivity contribution is -0.111. The summed E-state index contributed by atoms with van der Waals surface area (Å²) >= 11 is 1.28. The Kier molecular flexibility index (Phi) is 8.89. The second kappa shape index (κ2) is 11.2. The molecule has 0 radical (unpaired) electrons. The third-order valence-corrected chi connectivity index (χ3v) is 5.81. The van der Waals surface area contributed by atoms with Crippen molar-refractivity contribution in [2.45, 2.75) is 71.1 Å². The van der Waals surface area contributed by atoms with Gasteiger partial charge in [-0.2, -0.15) is 0 Å². The normalized spacial score (nSPS) is 14.0. The van der Waals surface area contributed by atoms with E-state index in [1.807, 2.05) is 0 Å². The Morgan fingerprint density at radius 3 is 2.19 bits per heavy atom. The molecular formula is C21H29NO3S. The highest BCUT2D eigenvalue weighted by Crippen LogP contribution is 2.33. The zero-order chi connectivity index (χ0) is 18.8. The number of ketones is 2. The van der Waals surface area contributed by atoms with Crippen LogP contribution in [-0.2, 0) is 4.79 Å². The van der Waals surface area contributed by atoms with Crippen LogP contribution < -0.4 is 0 Å². The Hall–Kier alpha value is -1.62. The average Bonchev–Trinajstić information content (AvgIpc) is 2.66. The Bertz CT molecular complexity index is 654. The molecule has 0 fully saturated rings. The number of hydrogen-bond donors (Lipinski definition) is 1. The van der Waals surface area contributed by atoms with Crippen molar-refractivity contribution in [3.8, 4) is 0 Å². The molecule has 0 aliphatic heterocycles. The first kappa shape index (κ1) is 20.7. The van der Waals surface area contributed by atoms with E-state index in [0.29, 0.717) is 0 Å². The second-order valence-electron chi connectivity index (χ2n) is 6.77. The van der Waals surface area contributed by atoms with Gasteiger partial charge in [0.15, 0.2) is 5.76 Å². The fraction of sp³-hybridized carbons (Fsp3) is 0.571. The van der Waals surface area contributed by atoms with Crippen LogP contribution in [0.3, 0.4) is 0 Å². The molecule has 5 heteroatoms. The van der Waals surface area contributed by atoms with Crippen molar-refractivity contribution in [3.05, 3.63) is 34.5 Å². The predicted molar refractivity (Wildman–Crippen MR) is 107 cm³/mol. The molecule has 2 rings (SSSR count). The number of thioether (sulfide) groups is 1. The quantitative estimate of drug-likeness (QED) is 0.373. The van der Waals surface area contributed by atoms with Crippen molar-refractivity contribution in [1.29, 1.82) is 0 Å². The van der Waals surface area contributed by atoms with Crippen molar-refractivity contribution in [2.24, 2.45) is 0 Å². The van der Waals surface area contributed by atoms with E-state index in [0.717, 1.165) is 18.6 Å². The molecule has 26 heavy (non-hydrogen) atoms. The number of allylic oxidation sites excluding steroid dienone is 1. The van der Waals surface area contributed by atoms with Crippen LogP contribution in [-0.4, -0.2) is 27.4 Å². The number of unbranched alkanes of at least 4 members (excludes halogenated alkanes) is 9. The molecule has 4 nitrogen and oxygen atoms in total. The van der Waals surface area contributed by atoms with Gasteiger partial charge in [0.2, 0.25) is 11.6 Å². The van der Waals surface area contributed by atoms with Crippen LogP contribution in [0.15, 0.2) is 23.2 Å². The third-order valence-electron chi connectivity index (χ3n) is 4.65. The summed E-state index contributed by atoms with van der Waals surface area (Å²) in [6.07, 6.45) is 14.1. The highest BCUT2D eigenvalue weighted by Gasteiger charge is 2.33. The zero-order valence-corrected chi connectivity index (χ0v) is 16.4. The lowest BCUT2D eigenvalue weighted by Crippen LogP contribution is -2.23. The van der Waals surface area contributed by atoms with Gasteiger partial charge in [-0.25, -0.2) is 0 Å². The van der Waals surface area contributed by atoms with E-state index in [-0.39, 0.29) is 21.9 Å². The van der Waals surface area contributed by atoms with Gasteiger partial charge in [-0.15, -0.1) is 11.8 Å². The van der Waals surface area contributed by atoms with E-state index in [1.54, 1.807) is 6.07 Å². The van der Waals surface area contributed by atoms with Crippen LogP contribution in [0.4, 0.5) is 0 Å². The number of fused-ring (bicyclic) bond motifs is 1. The lowest BCUT2D eigenvalue weighted by Gasteiger charge is -2.16. The van der Waals surface area contributed by atoms with Crippen LogP contribution in [0.1, 0.15) is 87.2 Å². The van der Waals surface area contributed by atoms with Crippen LogP contribution in [0, 0.1) is 0 Å². The van der Waals surface area contributed by atoms with Crippen LogP contribution >= 0.6 is 11.8 Å². The van der Waals surface area contributed by atoms with Gasteiger partial charge in [-0.1, -0.05) is 64.7 Å². The molecule has 0 atom stereocenters. The fourth-order valence-corrected chi connectivity index (χ4v) is 4.13. The topological polar surface area (TPSA) is 67.3 Å². The van der Waals surface area contributed by atoms with Gasteiger partial charge in [-0.05, 0) is 24.3 Å². The number of carbonyl (C=O) groups is 2. The van der Waals surface area contributed by atoms with E-state index < -0.39 is 11.6 Å². The molecule has 142 valence electrons. The largest absolute Gasteiger partial charge is 0.504 e.